The molecule has 0 aliphatic carbocycles. The molecule has 9 nitrogen and oxygen atoms in total. The molecule has 2 aromatic heterocycles. The summed E-state index contributed by atoms with van der Waals surface area (Å²) in [6, 6.07) is 14.8. The molecular weight excluding hydrogens is 644 g/mol. The first kappa shape index (κ1) is 32.3. The third-order valence-electron chi connectivity index (χ3n) is 6.60. The fourth-order valence-electron chi connectivity index (χ4n) is 4.63. The Kier molecular flexibility index (Phi) is 8.19. The molecule has 2 heterocycles. The highest BCUT2D eigenvalue weighted by Crippen LogP contribution is 2.40. The molecule has 1 N–H and O–H groups in total. The molecule has 16 heteroatoms. The Labute approximate surface area is 256 Å². The highest BCUT2D eigenvalue weighted by Gasteiger charge is 2.35. The fraction of sp³-hybridized carbons (Fsp3) is 0.167. The topological polar surface area (TPSA) is 125 Å². The Balaban J connectivity index is 1.76. The largest absolute Gasteiger partial charge is 0.573 e. The first-order valence-corrected chi connectivity index (χ1v) is 14.9. The average molecular weight is 666 g/mol. The first-order valence-electron chi connectivity index (χ1n) is 13.1. The van der Waals surface area contributed by atoms with Crippen molar-refractivity contribution in [1.29, 1.82) is 0 Å². The molecule has 0 saturated carbocycles. The van der Waals surface area contributed by atoms with E-state index in [0.717, 1.165) is 29.2 Å². The van der Waals surface area contributed by atoms with Crippen molar-refractivity contribution in [2.75, 3.05) is 6.26 Å². The fourth-order valence-corrected chi connectivity index (χ4v) is 5.30. The lowest BCUT2D eigenvalue weighted by atomic mass is 9.98. The average Bonchev–Trinajstić information content (AvgIpc) is 3.55. The van der Waals surface area contributed by atoms with Gasteiger partial charge in [-0.2, -0.15) is 13.2 Å². The predicted octanol–water partition coefficient (Wildman–Crippen LogP) is 7.12. The standard InChI is InChI=1S/C30H21F6N3O6S/c1-16-37-24(29(31,32)33)15-39(16)23-11-8-19(18-4-3-5-21(12-18)46(2,42)43)13-22(23)28-27(38-25(44-28)14-26(40)41)17-6-9-20(10-7-17)45-30(34,35)36/h3-13,15H,14H2,1-2H3,(H,40,41). The molecule has 46 heavy (non-hydrogen) atoms. The zero-order valence-corrected chi connectivity index (χ0v) is 24.5. The maximum absolute atomic E-state index is 13.6. The number of rotatable bonds is 8. The molecule has 240 valence electrons. The van der Waals surface area contributed by atoms with Crippen LogP contribution in [0.1, 0.15) is 17.4 Å². The summed E-state index contributed by atoms with van der Waals surface area (Å²) in [5.41, 5.74) is -0.0641. The van der Waals surface area contributed by atoms with Gasteiger partial charge in [0.2, 0.25) is 5.89 Å². The number of oxazole rings is 1. The highest BCUT2D eigenvalue weighted by atomic mass is 32.2. The molecule has 0 aliphatic rings. The molecule has 5 aromatic rings. The van der Waals surface area contributed by atoms with Crippen LogP contribution in [0, 0.1) is 6.92 Å². The van der Waals surface area contributed by atoms with E-state index in [1.165, 1.54) is 55.5 Å². The number of nitrogens with zero attached hydrogens (tertiary/aromatic N) is 3. The molecule has 0 bridgehead atoms. The zero-order valence-electron chi connectivity index (χ0n) is 23.6. The minimum Gasteiger partial charge on any atom is -0.481 e. The summed E-state index contributed by atoms with van der Waals surface area (Å²) in [4.78, 5) is 19.4. The normalized spacial score (nSPS) is 12.3. The van der Waals surface area contributed by atoms with Crippen molar-refractivity contribution in [2.45, 2.75) is 30.8 Å². The van der Waals surface area contributed by atoms with Crippen molar-refractivity contribution in [2.24, 2.45) is 0 Å². The van der Waals surface area contributed by atoms with Gasteiger partial charge in [0.05, 0.1) is 10.6 Å². The number of carbonyl (C=O) groups is 1. The number of halogens is 6. The molecule has 3 aromatic carbocycles. The van der Waals surface area contributed by atoms with E-state index in [2.05, 4.69) is 14.7 Å². The maximum atomic E-state index is 13.6. The van der Waals surface area contributed by atoms with E-state index in [1.807, 2.05) is 0 Å². The van der Waals surface area contributed by atoms with Gasteiger partial charge in [0.1, 0.15) is 23.7 Å². The number of ether oxygens (including phenoxy) is 1. The van der Waals surface area contributed by atoms with Crippen LogP contribution >= 0.6 is 0 Å². The van der Waals surface area contributed by atoms with Gasteiger partial charge in [-0.3, -0.25) is 4.79 Å². The quantitative estimate of drug-likeness (QED) is 0.174. The maximum Gasteiger partial charge on any atom is 0.573 e. The van der Waals surface area contributed by atoms with E-state index in [-0.39, 0.29) is 44.9 Å². The summed E-state index contributed by atoms with van der Waals surface area (Å²) in [5, 5.41) is 9.39. The van der Waals surface area contributed by atoms with Crippen molar-refractivity contribution in [3.05, 3.63) is 90.3 Å². The number of benzene rings is 3. The number of aryl methyl sites for hydroxylation is 1. The van der Waals surface area contributed by atoms with E-state index in [0.29, 0.717) is 11.1 Å². The number of alkyl halides is 6. The number of carboxylic acids is 1. The van der Waals surface area contributed by atoms with Crippen molar-refractivity contribution in [3.8, 4) is 45.1 Å². The molecule has 0 radical (unpaired) electrons. The molecule has 0 unspecified atom stereocenters. The van der Waals surface area contributed by atoms with Gasteiger partial charge in [0.15, 0.2) is 21.3 Å². The number of aromatic nitrogens is 3. The molecule has 0 aliphatic heterocycles. The number of aliphatic carboxylic acids is 1. The van der Waals surface area contributed by atoms with Gasteiger partial charge in [-0.25, -0.2) is 18.4 Å². The lowest BCUT2D eigenvalue weighted by molar-refractivity contribution is -0.274. The third kappa shape index (κ3) is 7.06. The Morgan fingerprint density at radius 3 is 2.17 bits per heavy atom. The third-order valence-corrected chi connectivity index (χ3v) is 7.71. The van der Waals surface area contributed by atoms with E-state index in [4.69, 9.17) is 4.42 Å². The van der Waals surface area contributed by atoms with Crippen LogP contribution in [0.4, 0.5) is 26.3 Å². The molecule has 0 atom stereocenters. The second kappa shape index (κ2) is 11.7. The SMILES string of the molecule is Cc1nc(C(F)(F)F)cn1-c1ccc(-c2cccc(S(C)(=O)=O)c2)cc1-c1oc(CC(=O)O)nc1-c1ccc(OC(F)(F)F)cc1. The summed E-state index contributed by atoms with van der Waals surface area (Å²) >= 11 is 0. The number of hydrogen-bond donors (Lipinski definition) is 1. The number of imidazole rings is 1. The van der Waals surface area contributed by atoms with Crippen LogP contribution in [-0.2, 0) is 27.2 Å². The minimum atomic E-state index is -4.96. The second-order valence-electron chi connectivity index (χ2n) is 10.0. The summed E-state index contributed by atoms with van der Waals surface area (Å²) in [6.07, 6.45) is -8.66. The monoisotopic (exact) mass is 665 g/mol. The summed E-state index contributed by atoms with van der Waals surface area (Å²) < 4.78 is 114. The Hall–Kier alpha value is -5.12. The molecule has 0 amide bonds. The van der Waals surface area contributed by atoms with Gasteiger partial charge >= 0.3 is 18.5 Å². The number of sulfone groups is 1. The van der Waals surface area contributed by atoms with Gasteiger partial charge in [-0.1, -0.05) is 18.2 Å². The van der Waals surface area contributed by atoms with Crippen molar-refractivity contribution < 1.29 is 53.8 Å². The van der Waals surface area contributed by atoms with Crippen molar-refractivity contribution in [1.82, 2.24) is 14.5 Å². The van der Waals surface area contributed by atoms with Crippen LogP contribution in [-0.4, -0.2) is 46.6 Å². The van der Waals surface area contributed by atoms with Crippen LogP contribution in [0.15, 0.2) is 82.2 Å². The van der Waals surface area contributed by atoms with Gasteiger partial charge in [-0.05, 0) is 66.6 Å². The van der Waals surface area contributed by atoms with Crippen LogP contribution in [0.2, 0.25) is 0 Å². The van der Waals surface area contributed by atoms with Gasteiger partial charge in [0.25, 0.3) is 0 Å². The van der Waals surface area contributed by atoms with Crippen LogP contribution in [0.5, 0.6) is 5.75 Å². The second-order valence-corrected chi connectivity index (χ2v) is 12.0. The molecular formula is C30H21F6N3O6S. The van der Waals surface area contributed by atoms with Crippen LogP contribution in [0.3, 0.4) is 0 Å². The molecule has 0 fully saturated rings. The molecule has 0 saturated heterocycles. The van der Waals surface area contributed by atoms with Crippen molar-refractivity contribution >= 4 is 15.8 Å². The van der Waals surface area contributed by atoms with Gasteiger partial charge in [0, 0.05) is 23.6 Å². The van der Waals surface area contributed by atoms with E-state index < -0.39 is 46.2 Å². The number of hydrogen-bond acceptors (Lipinski definition) is 7. The van der Waals surface area contributed by atoms with E-state index in [1.54, 1.807) is 6.07 Å². The lowest BCUT2D eigenvalue weighted by Gasteiger charge is -2.14. The highest BCUT2D eigenvalue weighted by molar-refractivity contribution is 7.90. The predicted molar refractivity (Wildman–Crippen MR) is 151 cm³/mol. The van der Waals surface area contributed by atoms with Crippen LogP contribution < -0.4 is 4.74 Å². The zero-order chi connectivity index (χ0) is 33.6. The molecule has 5 rings (SSSR count). The minimum absolute atomic E-state index is 0.00108. The number of carboxylic acid groups (broad SMARTS) is 1. The molecule has 0 spiro atoms. The summed E-state index contributed by atoms with van der Waals surface area (Å²) in [6.45, 7) is 1.33. The Morgan fingerprint density at radius 2 is 1.59 bits per heavy atom. The smallest absolute Gasteiger partial charge is 0.481 e. The van der Waals surface area contributed by atoms with E-state index >= 15 is 0 Å². The van der Waals surface area contributed by atoms with Crippen LogP contribution in [0.25, 0.3) is 39.4 Å². The van der Waals surface area contributed by atoms with Gasteiger partial charge < -0.3 is 18.8 Å². The Bertz CT molecular complexity index is 2050. The van der Waals surface area contributed by atoms with E-state index in [9.17, 15) is 44.7 Å². The lowest BCUT2D eigenvalue weighted by Crippen LogP contribution is -2.16. The Morgan fingerprint density at radius 1 is 0.935 bits per heavy atom. The first-order chi connectivity index (χ1) is 21.4. The summed E-state index contributed by atoms with van der Waals surface area (Å²) in [7, 11) is -3.61. The summed E-state index contributed by atoms with van der Waals surface area (Å²) in [5.74, 6) is -2.37. The van der Waals surface area contributed by atoms with Gasteiger partial charge in [-0.15, -0.1) is 13.2 Å². The van der Waals surface area contributed by atoms with Crippen molar-refractivity contribution in [3.63, 3.8) is 0 Å².